The fourth-order valence-electron chi connectivity index (χ4n) is 1.81. The highest BCUT2D eigenvalue weighted by Gasteiger charge is 2.90. The predicted octanol–water partition coefficient (Wildman–Crippen LogP) is 7.03. The number of nitrogens with zero attached hydrogens (tertiary/aromatic N) is 2. The van der Waals surface area contributed by atoms with Gasteiger partial charge in [-0.1, -0.05) is 10.2 Å². The molecule has 0 saturated carbocycles. The maximum atomic E-state index is 13.5. The van der Waals surface area contributed by atoms with Crippen molar-refractivity contribution in [1.82, 2.24) is 0 Å². The highest BCUT2D eigenvalue weighted by atomic mass is 19.4. The Balaban J connectivity index is 5.27. The average molecular weight is 534 g/mol. The lowest BCUT2D eigenvalue weighted by molar-refractivity contribution is -0.440. The Kier molecular flexibility index (Phi) is 9.03. The molecular weight excluding hydrogens is 519 g/mol. The third-order valence-electron chi connectivity index (χ3n) is 3.47. The molecular formula is C15H15F13N2O4. The molecule has 200 valence electrons. The van der Waals surface area contributed by atoms with E-state index in [9.17, 15) is 66.7 Å². The molecule has 0 bridgehead atoms. The van der Waals surface area contributed by atoms with E-state index in [0.29, 0.717) is 0 Å². The summed E-state index contributed by atoms with van der Waals surface area (Å²) in [5.74, 6) is -37.4. The zero-order chi connectivity index (χ0) is 27.6. The lowest BCUT2D eigenvalue weighted by Crippen LogP contribution is -2.70. The number of alkyl halides is 13. The van der Waals surface area contributed by atoms with E-state index < -0.39 is 73.0 Å². The number of hydrogen-bond acceptors (Lipinski definition) is 4. The summed E-state index contributed by atoms with van der Waals surface area (Å²) < 4.78 is 177. The molecule has 19 heteroatoms. The van der Waals surface area contributed by atoms with Gasteiger partial charge in [0.15, 0.2) is 0 Å². The molecule has 2 amide bonds. The van der Waals surface area contributed by atoms with Gasteiger partial charge in [-0.25, -0.2) is 9.59 Å². The third-order valence-corrected chi connectivity index (χ3v) is 3.47. The largest absolute Gasteiger partial charge is 0.460 e. The summed E-state index contributed by atoms with van der Waals surface area (Å²) in [5.41, 5.74) is -1.07. The first-order chi connectivity index (χ1) is 14.7. The maximum Gasteiger partial charge on any atom is 0.460 e. The quantitative estimate of drug-likeness (QED) is 0.190. The van der Waals surface area contributed by atoms with Gasteiger partial charge in [-0.3, -0.25) is 0 Å². The lowest BCUT2D eigenvalue weighted by atomic mass is 9.92. The minimum absolute atomic E-state index is 1.07. The van der Waals surface area contributed by atoms with Crippen molar-refractivity contribution in [2.24, 2.45) is 10.2 Å². The Morgan fingerprint density at radius 3 is 1.47 bits per heavy atom. The molecule has 0 unspecified atom stereocenters. The summed E-state index contributed by atoms with van der Waals surface area (Å²) in [4.78, 5) is 22.2. The molecule has 6 nitrogen and oxygen atoms in total. The number of carbonyl (C=O) groups excluding carboxylic acids is 2. The second kappa shape index (κ2) is 9.71. The molecule has 0 aromatic carbocycles. The number of ether oxygens (including phenoxy) is 2. The van der Waals surface area contributed by atoms with Gasteiger partial charge in [0.1, 0.15) is 5.60 Å². The number of hydrogen-bond donors (Lipinski definition) is 0. The Morgan fingerprint density at radius 1 is 0.647 bits per heavy atom. The van der Waals surface area contributed by atoms with Gasteiger partial charge in [0.2, 0.25) is 0 Å². The van der Waals surface area contributed by atoms with Crippen LogP contribution in [0.3, 0.4) is 0 Å². The van der Waals surface area contributed by atoms with Crippen LogP contribution in [0.25, 0.3) is 0 Å². The molecule has 0 aliphatic rings. The van der Waals surface area contributed by atoms with E-state index in [-0.39, 0.29) is 0 Å². The summed E-state index contributed by atoms with van der Waals surface area (Å²) in [5, 5.41) is 5.21. The SMILES string of the molecule is CC(C)(C)OC(=O)/N=N/C(=O)OCCCC(F)(F)C(F)(F)C(F)(F)C(F)(F)C(F)(F)C(F)(F)F. The minimum Gasteiger partial charge on any atom is -0.447 e. The van der Waals surface area contributed by atoms with Gasteiger partial charge in [0, 0.05) is 6.42 Å². The summed E-state index contributed by atoms with van der Waals surface area (Å²) >= 11 is 0. The molecule has 0 rings (SSSR count). The molecule has 0 spiro atoms. The third kappa shape index (κ3) is 6.61. The topological polar surface area (TPSA) is 77.3 Å². The van der Waals surface area contributed by atoms with Crippen molar-refractivity contribution in [2.45, 2.75) is 75.0 Å². The van der Waals surface area contributed by atoms with Crippen LogP contribution >= 0.6 is 0 Å². The van der Waals surface area contributed by atoms with Gasteiger partial charge in [-0.15, -0.1) is 0 Å². The van der Waals surface area contributed by atoms with Crippen LogP contribution in [-0.4, -0.2) is 60.2 Å². The first-order valence-corrected chi connectivity index (χ1v) is 8.52. The fourth-order valence-corrected chi connectivity index (χ4v) is 1.81. The minimum atomic E-state index is -7.99. The monoisotopic (exact) mass is 534 g/mol. The molecule has 0 heterocycles. The van der Waals surface area contributed by atoms with Gasteiger partial charge in [-0.05, 0) is 27.2 Å². The van der Waals surface area contributed by atoms with E-state index in [1.165, 1.54) is 20.8 Å². The summed E-state index contributed by atoms with van der Waals surface area (Å²) in [6, 6.07) is 0. The fraction of sp³-hybridized carbons (Fsp3) is 0.867. The molecule has 0 radical (unpaired) electrons. The van der Waals surface area contributed by atoms with Crippen molar-refractivity contribution in [3.8, 4) is 0 Å². The second-order valence-corrected chi connectivity index (χ2v) is 7.40. The van der Waals surface area contributed by atoms with Crippen LogP contribution < -0.4 is 0 Å². The van der Waals surface area contributed by atoms with E-state index in [1.54, 1.807) is 0 Å². The standard InChI is InChI=1S/C15H15F13N2O4/c1-9(2,3)34-8(32)30-29-7(31)33-6-4-5-10(16,17)11(18,19)12(20,21)13(22,23)14(24,25)15(26,27)28/h4-6H2,1-3H3/b30-29+. The number of carbonyl (C=O) groups is 2. The van der Waals surface area contributed by atoms with Gasteiger partial charge >= 0.3 is 48.0 Å². The van der Waals surface area contributed by atoms with Crippen molar-refractivity contribution in [2.75, 3.05) is 6.61 Å². The van der Waals surface area contributed by atoms with Crippen LogP contribution in [0, 0.1) is 0 Å². The van der Waals surface area contributed by atoms with Crippen LogP contribution in [0.5, 0.6) is 0 Å². The van der Waals surface area contributed by atoms with Crippen molar-refractivity contribution in [3.05, 3.63) is 0 Å². The van der Waals surface area contributed by atoms with Crippen LogP contribution in [0.4, 0.5) is 66.7 Å². The molecule has 0 N–H and O–H groups in total. The first-order valence-electron chi connectivity index (χ1n) is 8.52. The Morgan fingerprint density at radius 2 is 1.06 bits per heavy atom. The molecule has 0 atom stereocenters. The lowest BCUT2D eigenvalue weighted by Gasteiger charge is -2.39. The molecule has 0 aromatic rings. The van der Waals surface area contributed by atoms with E-state index in [2.05, 4.69) is 19.7 Å². The Hall–Kier alpha value is -2.37. The summed E-state index contributed by atoms with van der Waals surface area (Å²) in [7, 11) is 0. The van der Waals surface area contributed by atoms with Crippen LogP contribution in [0.2, 0.25) is 0 Å². The zero-order valence-corrected chi connectivity index (χ0v) is 17.1. The summed E-state index contributed by atoms with van der Waals surface area (Å²) in [6.07, 6.45) is -14.8. The predicted molar refractivity (Wildman–Crippen MR) is 82.5 cm³/mol. The Labute approximate surface area is 181 Å². The van der Waals surface area contributed by atoms with E-state index in [1.807, 2.05) is 0 Å². The number of rotatable bonds is 8. The highest BCUT2D eigenvalue weighted by molar-refractivity contribution is 5.73. The molecule has 0 fully saturated rings. The van der Waals surface area contributed by atoms with Crippen molar-refractivity contribution in [3.63, 3.8) is 0 Å². The van der Waals surface area contributed by atoms with Gasteiger partial charge in [0.05, 0.1) is 6.61 Å². The van der Waals surface area contributed by atoms with Gasteiger partial charge < -0.3 is 9.47 Å². The maximum absolute atomic E-state index is 13.5. The van der Waals surface area contributed by atoms with Crippen molar-refractivity contribution in [1.29, 1.82) is 0 Å². The van der Waals surface area contributed by atoms with Gasteiger partial charge in [-0.2, -0.15) is 57.1 Å². The van der Waals surface area contributed by atoms with E-state index in [4.69, 9.17) is 0 Å². The first kappa shape index (κ1) is 31.6. The van der Waals surface area contributed by atoms with Crippen LogP contribution in [-0.2, 0) is 9.47 Å². The number of azo groups is 1. The van der Waals surface area contributed by atoms with E-state index in [0.717, 1.165) is 0 Å². The van der Waals surface area contributed by atoms with Crippen LogP contribution in [0.15, 0.2) is 10.2 Å². The van der Waals surface area contributed by atoms with Crippen LogP contribution in [0.1, 0.15) is 33.6 Å². The smallest absolute Gasteiger partial charge is 0.447 e. The summed E-state index contributed by atoms with van der Waals surface area (Å²) in [6.45, 7) is 2.81. The average Bonchev–Trinajstić information content (AvgIpc) is 2.60. The van der Waals surface area contributed by atoms with E-state index >= 15 is 0 Å². The number of amides is 2. The second-order valence-electron chi connectivity index (χ2n) is 7.40. The zero-order valence-electron chi connectivity index (χ0n) is 17.1. The molecule has 0 saturated heterocycles. The highest BCUT2D eigenvalue weighted by Crippen LogP contribution is 2.60. The normalized spacial score (nSPS) is 14.9. The molecule has 34 heavy (non-hydrogen) atoms. The number of halogens is 13. The van der Waals surface area contributed by atoms with Crippen molar-refractivity contribution >= 4 is 12.2 Å². The molecule has 0 aliphatic carbocycles. The molecule has 0 aromatic heterocycles. The van der Waals surface area contributed by atoms with Crippen molar-refractivity contribution < 1.29 is 76.1 Å². The molecule has 0 aliphatic heterocycles. The Bertz CT molecular complexity index is 773. The van der Waals surface area contributed by atoms with Gasteiger partial charge in [0.25, 0.3) is 0 Å².